The summed E-state index contributed by atoms with van der Waals surface area (Å²) in [4.78, 5) is 14.3. The molecule has 3 aromatic rings. The fraction of sp³-hybridized carbons (Fsp3) is 0.235. The maximum atomic E-state index is 12.7. The Kier molecular flexibility index (Phi) is 4.25. The van der Waals surface area contributed by atoms with Crippen LogP contribution in [0.25, 0.3) is 11.0 Å². The number of benzene rings is 1. The average Bonchev–Trinajstić information content (AvgIpc) is 3.19. The maximum absolute atomic E-state index is 12.7. The predicted octanol–water partition coefficient (Wildman–Crippen LogP) is 3.31. The van der Waals surface area contributed by atoms with E-state index in [1.807, 2.05) is 30.3 Å². The zero-order valence-corrected chi connectivity index (χ0v) is 12.3. The maximum Gasteiger partial charge on any atom is 0.290 e. The number of carbonyl (C=O) groups excluding carboxylic acids is 1. The van der Waals surface area contributed by atoms with Crippen molar-refractivity contribution in [2.45, 2.75) is 6.54 Å². The summed E-state index contributed by atoms with van der Waals surface area (Å²) in [6.07, 6.45) is 1.59. The van der Waals surface area contributed by atoms with Gasteiger partial charge in [-0.05, 0) is 24.3 Å². The third-order valence-electron chi connectivity index (χ3n) is 3.42. The molecule has 114 valence electrons. The third kappa shape index (κ3) is 3.04. The summed E-state index contributed by atoms with van der Waals surface area (Å²) in [5, 5.41) is 0.913. The molecule has 0 N–H and O–H groups in total. The minimum Gasteiger partial charge on any atom is -0.467 e. The number of nitrogens with zero attached hydrogens (tertiary/aromatic N) is 1. The predicted molar refractivity (Wildman–Crippen MR) is 81.5 cm³/mol. The molecule has 0 spiro atoms. The second kappa shape index (κ2) is 6.49. The van der Waals surface area contributed by atoms with Crippen molar-refractivity contribution in [1.82, 2.24) is 4.90 Å². The molecule has 0 saturated heterocycles. The van der Waals surface area contributed by atoms with Gasteiger partial charge in [-0.15, -0.1) is 0 Å². The van der Waals surface area contributed by atoms with Crippen LogP contribution in [-0.4, -0.2) is 31.1 Å². The topological polar surface area (TPSA) is 55.8 Å². The monoisotopic (exact) mass is 299 g/mol. The molecular formula is C17H17NO4. The van der Waals surface area contributed by atoms with Gasteiger partial charge in [-0.25, -0.2) is 0 Å². The van der Waals surface area contributed by atoms with Crippen LogP contribution in [0.1, 0.15) is 16.3 Å². The number of furan rings is 2. The highest BCUT2D eigenvalue weighted by atomic mass is 16.5. The van der Waals surface area contributed by atoms with Crippen LogP contribution < -0.4 is 0 Å². The molecule has 0 fully saturated rings. The molecule has 1 amide bonds. The zero-order valence-electron chi connectivity index (χ0n) is 12.3. The van der Waals surface area contributed by atoms with Crippen molar-refractivity contribution in [2.24, 2.45) is 0 Å². The van der Waals surface area contributed by atoms with Crippen molar-refractivity contribution < 1.29 is 18.4 Å². The van der Waals surface area contributed by atoms with Gasteiger partial charge in [-0.1, -0.05) is 18.2 Å². The van der Waals surface area contributed by atoms with Crippen molar-refractivity contribution in [2.75, 3.05) is 20.3 Å². The van der Waals surface area contributed by atoms with Crippen molar-refractivity contribution >= 4 is 16.9 Å². The van der Waals surface area contributed by atoms with Crippen molar-refractivity contribution in [3.8, 4) is 0 Å². The van der Waals surface area contributed by atoms with E-state index >= 15 is 0 Å². The van der Waals surface area contributed by atoms with Crippen LogP contribution in [0.15, 0.2) is 57.6 Å². The van der Waals surface area contributed by atoms with Crippen LogP contribution in [0.2, 0.25) is 0 Å². The molecule has 0 unspecified atom stereocenters. The van der Waals surface area contributed by atoms with Crippen LogP contribution in [0.4, 0.5) is 0 Å². The minimum absolute atomic E-state index is 0.176. The molecule has 0 radical (unpaired) electrons. The molecule has 1 aromatic carbocycles. The molecule has 2 aromatic heterocycles. The van der Waals surface area contributed by atoms with Gasteiger partial charge in [0.25, 0.3) is 5.91 Å². The molecule has 3 rings (SSSR count). The second-order valence-electron chi connectivity index (χ2n) is 4.95. The Morgan fingerprint density at radius 3 is 2.82 bits per heavy atom. The van der Waals surface area contributed by atoms with Gasteiger partial charge in [-0.3, -0.25) is 4.79 Å². The van der Waals surface area contributed by atoms with Crippen molar-refractivity contribution in [1.29, 1.82) is 0 Å². The number of carbonyl (C=O) groups is 1. The lowest BCUT2D eigenvalue weighted by Crippen LogP contribution is -2.33. The molecule has 0 bridgehead atoms. The fourth-order valence-corrected chi connectivity index (χ4v) is 2.29. The Hall–Kier alpha value is -2.53. The normalized spacial score (nSPS) is 11.0. The molecule has 0 aliphatic carbocycles. The number of rotatable bonds is 6. The largest absolute Gasteiger partial charge is 0.467 e. The number of ether oxygens (including phenoxy) is 1. The Labute approximate surface area is 128 Å². The van der Waals surface area contributed by atoms with Gasteiger partial charge < -0.3 is 18.5 Å². The van der Waals surface area contributed by atoms with E-state index in [4.69, 9.17) is 13.6 Å². The van der Waals surface area contributed by atoms with Crippen LogP contribution in [-0.2, 0) is 11.3 Å². The minimum atomic E-state index is -0.176. The van der Waals surface area contributed by atoms with E-state index in [0.717, 1.165) is 11.1 Å². The Balaban J connectivity index is 1.83. The molecule has 5 heteroatoms. The van der Waals surface area contributed by atoms with Crippen LogP contribution in [0.5, 0.6) is 0 Å². The quantitative estimate of drug-likeness (QED) is 0.700. The van der Waals surface area contributed by atoms with Crippen LogP contribution >= 0.6 is 0 Å². The smallest absolute Gasteiger partial charge is 0.290 e. The van der Waals surface area contributed by atoms with Gasteiger partial charge in [-0.2, -0.15) is 0 Å². The molecule has 2 heterocycles. The van der Waals surface area contributed by atoms with E-state index in [1.165, 1.54) is 0 Å². The summed E-state index contributed by atoms with van der Waals surface area (Å²) >= 11 is 0. The van der Waals surface area contributed by atoms with Gasteiger partial charge in [0.1, 0.15) is 11.3 Å². The van der Waals surface area contributed by atoms with E-state index in [9.17, 15) is 4.79 Å². The van der Waals surface area contributed by atoms with Gasteiger partial charge in [0.15, 0.2) is 5.76 Å². The van der Waals surface area contributed by atoms with Crippen LogP contribution in [0.3, 0.4) is 0 Å². The van der Waals surface area contributed by atoms with Gasteiger partial charge >= 0.3 is 0 Å². The number of amides is 1. The fourth-order valence-electron chi connectivity index (χ4n) is 2.29. The molecule has 5 nitrogen and oxygen atoms in total. The lowest BCUT2D eigenvalue weighted by molar-refractivity contribution is 0.0638. The highest BCUT2D eigenvalue weighted by molar-refractivity contribution is 5.96. The Morgan fingerprint density at radius 1 is 1.23 bits per heavy atom. The first-order valence-electron chi connectivity index (χ1n) is 7.07. The summed E-state index contributed by atoms with van der Waals surface area (Å²) in [6.45, 7) is 1.30. The number of methoxy groups -OCH3 is 1. The first kappa shape index (κ1) is 14.4. The van der Waals surface area contributed by atoms with E-state index in [1.54, 1.807) is 30.4 Å². The number of hydrogen-bond acceptors (Lipinski definition) is 4. The zero-order chi connectivity index (χ0) is 15.4. The van der Waals surface area contributed by atoms with E-state index in [0.29, 0.717) is 31.0 Å². The standard InChI is InChI=1S/C17H17NO4/c1-20-10-8-18(12-14-6-4-9-21-14)17(19)16-11-13-5-2-3-7-15(13)22-16/h2-7,9,11H,8,10,12H2,1H3. The molecular weight excluding hydrogens is 282 g/mol. The summed E-state index contributed by atoms with van der Waals surface area (Å²) in [7, 11) is 1.61. The molecule has 0 saturated carbocycles. The Bertz CT molecular complexity index is 712. The average molecular weight is 299 g/mol. The van der Waals surface area contributed by atoms with Gasteiger partial charge in [0.05, 0.1) is 19.4 Å². The summed E-state index contributed by atoms with van der Waals surface area (Å²) < 4.78 is 16.1. The first-order valence-corrected chi connectivity index (χ1v) is 7.07. The number of para-hydroxylation sites is 1. The number of fused-ring (bicyclic) bond motifs is 1. The molecule has 0 atom stereocenters. The van der Waals surface area contributed by atoms with Crippen molar-refractivity contribution in [3.05, 3.63) is 60.2 Å². The van der Waals surface area contributed by atoms with E-state index in [-0.39, 0.29) is 5.91 Å². The molecule has 0 aliphatic rings. The SMILES string of the molecule is COCCN(Cc1ccco1)C(=O)c1cc2ccccc2o1. The number of hydrogen-bond donors (Lipinski definition) is 0. The van der Waals surface area contributed by atoms with Crippen LogP contribution in [0, 0.1) is 0 Å². The Morgan fingerprint density at radius 2 is 2.09 bits per heavy atom. The third-order valence-corrected chi connectivity index (χ3v) is 3.42. The summed E-state index contributed by atoms with van der Waals surface area (Å²) in [6, 6.07) is 13.0. The lowest BCUT2D eigenvalue weighted by Gasteiger charge is -2.19. The molecule has 0 aliphatic heterocycles. The van der Waals surface area contributed by atoms with Gasteiger partial charge in [0, 0.05) is 19.0 Å². The first-order chi connectivity index (χ1) is 10.8. The van der Waals surface area contributed by atoms with E-state index in [2.05, 4.69) is 0 Å². The highest BCUT2D eigenvalue weighted by Crippen LogP contribution is 2.20. The highest BCUT2D eigenvalue weighted by Gasteiger charge is 2.20. The van der Waals surface area contributed by atoms with Crippen molar-refractivity contribution in [3.63, 3.8) is 0 Å². The second-order valence-corrected chi connectivity index (χ2v) is 4.95. The van der Waals surface area contributed by atoms with Gasteiger partial charge in [0.2, 0.25) is 0 Å². The summed E-state index contributed by atoms with van der Waals surface area (Å²) in [5.74, 6) is 0.870. The lowest BCUT2D eigenvalue weighted by atomic mass is 10.2. The summed E-state index contributed by atoms with van der Waals surface area (Å²) in [5.41, 5.74) is 0.704. The molecule has 22 heavy (non-hydrogen) atoms. The van der Waals surface area contributed by atoms with E-state index < -0.39 is 0 Å².